The Bertz CT molecular complexity index is 877. The first-order valence-electron chi connectivity index (χ1n) is 8.03. The summed E-state index contributed by atoms with van der Waals surface area (Å²) in [7, 11) is 0. The van der Waals surface area contributed by atoms with Crippen LogP contribution in [0.25, 0.3) is 12.2 Å². The van der Waals surface area contributed by atoms with Crippen molar-refractivity contribution in [3.8, 4) is 5.75 Å². The topological polar surface area (TPSA) is 42.1 Å². The molecule has 3 heteroatoms. The Balaban J connectivity index is 2.57. The van der Waals surface area contributed by atoms with Crippen molar-refractivity contribution in [1.82, 2.24) is 4.98 Å². The number of aromatic nitrogens is 1. The summed E-state index contributed by atoms with van der Waals surface area (Å²) in [4.78, 5) is 15.4. The van der Waals surface area contributed by atoms with Crippen molar-refractivity contribution in [2.24, 2.45) is 0 Å². The van der Waals surface area contributed by atoms with Gasteiger partial charge in [-0.15, -0.1) is 6.58 Å². The second-order valence-electron chi connectivity index (χ2n) is 5.38. The molecule has 2 rings (SSSR count). The van der Waals surface area contributed by atoms with Crippen molar-refractivity contribution in [3.05, 3.63) is 87.7 Å². The van der Waals surface area contributed by atoms with E-state index in [1.807, 2.05) is 49.4 Å². The van der Waals surface area contributed by atoms with Crippen molar-refractivity contribution in [2.75, 3.05) is 0 Å². The number of ether oxygens (including phenoxy) is 1. The highest BCUT2D eigenvalue weighted by Gasteiger charge is 2.11. The second-order valence-corrected chi connectivity index (χ2v) is 5.38. The van der Waals surface area contributed by atoms with Crippen LogP contribution in [0.3, 0.4) is 0 Å². The molecule has 0 atom stereocenters. The fourth-order valence-corrected chi connectivity index (χ4v) is 2.53. The number of nitrogens with one attached hydrogen (secondary N) is 1. The Morgan fingerprint density at radius 1 is 1.21 bits per heavy atom. The molecular formula is C21H23NO2. The molecule has 0 aliphatic rings. The van der Waals surface area contributed by atoms with Gasteiger partial charge in [-0.2, -0.15) is 0 Å². The number of hydrogen-bond donors (Lipinski definition) is 1. The molecule has 0 saturated heterocycles. The summed E-state index contributed by atoms with van der Waals surface area (Å²) in [5, 5.41) is 1.59. The van der Waals surface area contributed by atoms with E-state index in [9.17, 15) is 4.79 Å². The lowest BCUT2D eigenvalue weighted by Gasteiger charge is -2.12. The van der Waals surface area contributed by atoms with Crippen molar-refractivity contribution in [3.63, 3.8) is 0 Å². The zero-order chi connectivity index (χ0) is 17.4. The van der Waals surface area contributed by atoms with E-state index < -0.39 is 0 Å². The fourth-order valence-electron chi connectivity index (χ4n) is 2.53. The van der Waals surface area contributed by atoms with Gasteiger partial charge in [0.15, 0.2) is 0 Å². The van der Waals surface area contributed by atoms with Crippen LogP contribution in [0.2, 0.25) is 0 Å². The zero-order valence-corrected chi connectivity index (χ0v) is 14.0. The fraction of sp³-hybridized carbons (Fsp3) is 0.190. The maximum atomic E-state index is 12.5. The average molecular weight is 321 g/mol. The van der Waals surface area contributed by atoms with E-state index in [4.69, 9.17) is 4.74 Å². The van der Waals surface area contributed by atoms with Crippen molar-refractivity contribution in [2.45, 2.75) is 26.4 Å². The van der Waals surface area contributed by atoms with Gasteiger partial charge in [-0.1, -0.05) is 55.1 Å². The minimum Gasteiger partial charge on any atom is -0.488 e. The van der Waals surface area contributed by atoms with Crippen LogP contribution in [-0.2, 0) is 13.0 Å². The molecule has 3 nitrogen and oxygen atoms in total. The lowest BCUT2D eigenvalue weighted by atomic mass is 10.1. The van der Waals surface area contributed by atoms with Crippen molar-refractivity contribution < 1.29 is 4.74 Å². The first-order chi connectivity index (χ1) is 11.7. The third-order valence-corrected chi connectivity index (χ3v) is 3.73. The van der Waals surface area contributed by atoms with Crippen LogP contribution in [-0.4, -0.2) is 4.98 Å². The largest absolute Gasteiger partial charge is 0.488 e. The third-order valence-electron chi connectivity index (χ3n) is 3.73. The molecule has 0 fully saturated rings. The Morgan fingerprint density at radius 2 is 1.96 bits per heavy atom. The first kappa shape index (κ1) is 17.5. The number of allylic oxidation sites excluding steroid dienone is 2. The minimum atomic E-state index is -0.116. The van der Waals surface area contributed by atoms with Gasteiger partial charge in [0.1, 0.15) is 12.4 Å². The molecule has 0 unspecified atom stereocenters. The summed E-state index contributed by atoms with van der Waals surface area (Å²) < 4.78 is 6.07. The van der Waals surface area contributed by atoms with Gasteiger partial charge >= 0.3 is 0 Å². The molecule has 1 heterocycles. The Morgan fingerprint density at radius 3 is 2.58 bits per heavy atom. The highest BCUT2D eigenvalue weighted by Crippen LogP contribution is 2.13. The summed E-state index contributed by atoms with van der Waals surface area (Å²) >= 11 is 0. The Labute approximate surface area is 142 Å². The van der Waals surface area contributed by atoms with Crippen LogP contribution >= 0.6 is 0 Å². The molecule has 0 aliphatic heterocycles. The molecule has 0 bridgehead atoms. The predicted octanol–water partition coefficient (Wildman–Crippen LogP) is 2.84. The molecule has 0 saturated carbocycles. The lowest BCUT2D eigenvalue weighted by molar-refractivity contribution is 0.299. The molecule has 0 spiro atoms. The quantitative estimate of drug-likeness (QED) is 0.797. The van der Waals surface area contributed by atoms with Gasteiger partial charge in [0.05, 0.1) is 5.56 Å². The van der Waals surface area contributed by atoms with E-state index >= 15 is 0 Å². The highest BCUT2D eigenvalue weighted by atomic mass is 16.5. The number of hydrogen-bond acceptors (Lipinski definition) is 2. The summed E-state index contributed by atoms with van der Waals surface area (Å²) in [6.45, 7) is 9.80. The van der Waals surface area contributed by atoms with E-state index in [1.54, 1.807) is 12.2 Å². The number of rotatable bonds is 7. The highest BCUT2D eigenvalue weighted by molar-refractivity contribution is 5.46. The van der Waals surface area contributed by atoms with Gasteiger partial charge < -0.3 is 9.72 Å². The summed E-state index contributed by atoms with van der Waals surface area (Å²) in [6, 6.07) is 9.91. The van der Waals surface area contributed by atoms with E-state index in [1.165, 1.54) is 0 Å². The van der Waals surface area contributed by atoms with Crippen LogP contribution < -0.4 is 20.9 Å². The Kier molecular flexibility index (Phi) is 6.38. The maximum absolute atomic E-state index is 12.5. The third kappa shape index (κ3) is 4.13. The molecule has 24 heavy (non-hydrogen) atoms. The summed E-state index contributed by atoms with van der Waals surface area (Å²) in [5.41, 5.74) is 1.58. The zero-order valence-electron chi connectivity index (χ0n) is 14.0. The monoisotopic (exact) mass is 321 g/mol. The summed E-state index contributed by atoms with van der Waals surface area (Å²) in [6.07, 6.45) is 8.54. The SMILES string of the molecule is C=C/C=c1/c(OCc2ccccc2)c(CCC=C)c(=O)[nH]/c1=C/C. The number of pyridine rings is 1. The van der Waals surface area contributed by atoms with E-state index in [0.29, 0.717) is 30.8 Å². The molecule has 2 aromatic rings. The van der Waals surface area contributed by atoms with Gasteiger partial charge in [0, 0.05) is 10.6 Å². The maximum Gasteiger partial charge on any atom is 0.255 e. The number of aromatic amines is 1. The Hall–Kier alpha value is -2.81. The van der Waals surface area contributed by atoms with Crippen LogP contribution in [0, 0.1) is 0 Å². The van der Waals surface area contributed by atoms with Crippen molar-refractivity contribution in [1.29, 1.82) is 0 Å². The molecule has 0 aliphatic carbocycles. The second kappa shape index (κ2) is 8.73. The van der Waals surface area contributed by atoms with Crippen LogP contribution in [0.4, 0.5) is 0 Å². The van der Waals surface area contributed by atoms with Gasteiger partial charge in [-0.05, 0) is 31.4 Å². The van der Waals surface area contributed by atoms with E-state index in [0.717, 1.165) is 16.1 Å². The molecule has 1 aromatic carbocycles. The van der Waals surface area contributed by atoms with Crippen LogP contribution in [0.1, 0.15) is 24.5 Å². The number of benzene rings is 1. The molecule has 124 valence electrons. The normalized spacial score (nSPS) is 12.2. The lowest BCUT2D eigenvalue weighted by Crippen LogP contribution is -2.38. The minimum absolute atomic E-state index is 0.116. The van der Waals surface area contributed by atoms with Crippen LogP contribution in [0.5, 0.6) is 5.75 Å². The van der Waals surface area contributed by atoms with Gasteiger partial charge in [0.2, 0.25) is 0 Å². The van der Waals surface area contributed by atoms with Crippen molar-refractivity contribution >= 4 is 12.2 Å². The van der Waals surface area contributed by atoms with E-state index in [-0.39, 0.29) is 5.56 Å². The standard InChI is InChI=1S/C21H23NO2/c1-4-7-14-18-20(24-15-16-12-9-8-10-13-16)17(11-5-2)19(6-3)22-21(18)23/h4-6,8-13H,1-2,7,14-15H2,3H3,(H,22,23)/b17-11+,19-6+. The van der Waals surface area contributed by atoms with Gasteiger partial charge in [-0.3, -0.25) is 4.79 Å². The first-order valence-corrected chi connectivity index (χ1v) is 8.03. The average Bonchev–Trinajstić information content (AvgIpc) is 2.61. The predicted molar refractivity (Wildman–Crippen MR) is 100 cm³/mol. The smallest absolute Gasteiger partial charge is 0.255 e. The number of H-pyrrole nitrogens is 1. The van der Waals surface area contributed by atoms with Gasteiger partial charge in [0.25, 0.3) is 5.56 Å². The molecule has 0 amide bonds. The summed E-state index contributed by atoms with van der Waals surface area (Å²) in [5.74, 6) is 0.623. The van der Waals surface area contributed by atoms with E-state index in [2.05, 4.69) is 18.1 Å². The molecule has 1 N–H and O–H groups in total. The van der Waals surface area contributed by atoms with Gasteiger partial charge in [-0.25, -0.2) is 0 Å². The molecular weight excluding hydrogens is 298 g/mol. The van der Waals surface area contributed by atoms with Crippen LogP contribution in [0.15, 0.2) is 60.4 Å². The molecule has 0 radical (unpaired) electrons. The molecule has 1 aromatic heterocycles.